The largest absolute Gasteiger partial charge is 0.480 e. The number of carboxylic acid groups (broad SMARTS) is 1. The van der Waals surface area contributed by atoms with Crippen molar-refractivity contribution in [1.82, 2.24) is 16.0 Å². The third-order valence-corrected chi connectivity index (χ3v) is 5.52. The van der Waals surface area contributed by atoms with Gasteiger partial charge in [-0.15, -0.1) is 0 Å². The van der Waals surface area contributed by atoms with E-state index in [0.29, 0.717) is 18.6 Å². The number of nitrogens with one attached hydrogen (secondary N) is 3. The Hall–Kier alpha value is -3.32. The van der Waals surface area contributed by atoms with Crippen LogP contribution in [-0.2, 0) is 25.6 Å². The van der Waals surface area contributed by atoms with Crippen LogP contribution < -0.4 is 33.2 Å². The number of benzene rings is 1. The zero-order chi connectivity index (χ0) is 26.2. The van der Waals surface area contributed by atoms with E-state index in [1.165, 1.54) is 11.8 Å². The van der Waals surface area contributed by atoms with E-state index < -0.39 is 41.8 Å². The Balaban J connectivity index is 2.61. The molecule has 0 radical (unpaired) electrons. The zero-order valence-corrected chi connectivity index (χ0v) is 20.6. The van der Waals surface area contributed by atoms with Crippen LogP contribution in [0.25, 0.3) is 0 Å². The lowest BCUT2D eigenvalue weighted by atomic mass is 10.1. The van der Waals surface area contributed by atoms with Crippen LogP contribution in [0.15, 0.2) is 35.3 Å². The minimum absolute atomic E-state index is 0.103. The number of nitrogens with two attached hydrogens (primary N) is 3. The van der Waals surface area contributed by atoms with Gasteiger partial charge in [-0.3, -0.25) is 19.4 Å². The zero-order valence-electron chi connectivity index (χ0n) is 19.7. The molecule has 12 nitrogen and oxygen atoms in total. The van der Waals surface area contributed by atoms with Crippen molar-refractivity contribution in [2.75, 3.05) is 25.1 Å². The summed E-state index contributed by atoms with van der Waals surface area (Å²) in [6, 6.07) is 6.26. The fraction of sp³-hybridized carbons (Fsp3) is 0.500. The Kier molecular flexibility index (Phi) is 13.9. The highest BCUT2D eigenvalue weighted by molar-refractivity contribution is 7.98. The number of aliphatic imine (C=N–C) groups is 1. The van der Waals surface area contributed by atoms with E-state index in [-0.39, 0.29) is 31.9 Å². The normalized spacial score (nSPS) is 13.1. The molecule has 0 fully saturated rings. The molecule has 0 spiro atoms. The molecule has 0 aliphatic heterocycles. The molecule has 3 atom stereocenters. The van der Waals surface area contributed by atoms with Gasteiger partial charge in [-0.1, -0.05) is 30.3 Å². The molecule has 10 N–H and O–H groups in total. The lowest BCUT2D eigenvalue weighted by molar-refractivity contribution is -0.142. The lowest BCUT2D eigenvalue weighted by Gasteiger charge is -2.21. The van der Waals surface area contributed by atoms with Crippen molar-refractivity contribution >= 4 is 41.4 Å². The van der Waals surface area contributed by atoms with Crippen molar-refractivity contribution in [2.24, 2.45) is 22.2 Å². The van der Waals surface area contributed by atoms with E-state index in [0.717, 1.165) is 5.56 Å². The maximum Gasteiger partial charge on any atom is 0.326 e. The number of guanidine groups is 1. The van der Waals surface area contributed by atoms with Crippen LogP contribution >= 0.6 is 11.8 Å². The van der Waals surface area contributed by atoms with Crippen LogP contribution in [-0.4, -0.2) is 78.0 Å². The minimum atomic E-state index is -1.21. The minimum Gasteiger partial charge on any atom is -0.480 e. The molecule has 0 saturated heterocycles. The predicted molar refractivity (Wildman–Crippen MR) is 136 cm³/mol. The van der Waals surface area contributed by atoms with E-state index in [1.54, 1.807) is 0 Å². The first-order valence-electron chi connectivity index (χ1n) is 11.1. The summed E-state index contributed by atoms with van der Waals surface area (Å²) in [6.07, 6.45) is 2.88. The number of carbonyl (C=O) groups excluding carboxylic acids is 3. The first-order chi connectivity index (χ1) is 16.6. The number of amides is 3. The highest BCUT2D eigenvalue weighted by Crippen LogP contribution is 2.05. The molecule has 13 heteroatoms. The summed E-state index contributed by atoms with van der Waals surface area (Å²) in [7, 11) is 0. The maximum absolute atomic E-state index is 12.7. The second-order valence-electron chi connectivity index (χ2n) is 7.76. The molecular formula is C22H35N7O5S. The summed E-state index contributed by atoms with van der Waals surface area (Å²) >= 11 is 1.47. The molecule has 0 saturated carbocycles. The number of thioether (sulfide) groups is 1. The maximum atomic E-state index is 12.7. The van der Waals surface area contributed by atoms with E-state index in [9.17, 15) is 24.3 Å². The Bertz CT molecular complexity index is 865. The van der Waals surface area contributed by atoms with Crippen LogP contribution in [0.3, 0.4) is 0 Å². The Morgan fingerprint density at radius 3 is 2.31 bits per heavy atom. The molecule has 194 valence electrons. The monoisotopic (exact) mass is 509 g/mol. The Morgan fingerprint density at radius 1 is 1.03 bits per heavy atom. The second-order valence-corrected chi connectivity index (χ2v) is 8.75. The Morgan fingerprint density at radius 2 is 1.71 bits per heavy atom. The van der Waals surface area contributed by atoms with Crippen LogP contribution in [0.1, 0.15) is 24.8 Å². The number of rotatable bonds is 16. The summed E-state index contributed by atoms with van der Waals surface area (Å²) in [5.74, 6) is -2.48. The van der Waals surface area contributed by atoms with Crippen molar-refractivity contribution in [3.8, 4) is 0 Å². The van der Waals surface area contributed by atoms with Crippen molar-refractivity contribution in [1.29, 1.82) is 0 Å². The van der Waals surface area contributed by atoms with E-state index in [4.69, 9.17) is 17.2 Å². The van der Waals surface area contributed by atoms with Gasteiger partial charge in [-0.2, -0.15) is 11.8 Å². The van der Waals surface area contributed by atoms with Gasteiger partial charge >= 0.3 is 5.97 Å². The van der Waals surface area contributed by atoms with Gasteiger partial charge in [0.1, 0.15) is 12.1 Å². The summed E-state index contributed by atoms with van der Waals surface area (Å²) in [6.45, 7) is -0.147. The number of carbonyl (C=O) groups is 4. The molecule has 3 amide bonds. The van der Waals surface area contributed by atoms with Crippen LogP contribution in [0.5, 0.6) is 0 Å². The highest BCUT2D eigenvalue weighted by Gasteiger charge is 2.26. The Labute approximate surface area is 208 Å². The molecule has 1 aromatic rings. The van der Waals surface area contributed by atoms with E-state index in [1.807, 2.05) is 36.6 Å². The molecule has 0 aromatic heterocycles. The van der Waals surface area contributed by atoms with Gasteiger partial charge in [0.25, 0.3) is 0 Å². The van der Waals surface area contributed by atoms with Gasteiger partial charge in [0.15, 0.2) is 5.96 Å². The van der Waals surface area contributed by atoms with E-state index in [2.05, 4.69) is 20.9 Å². The van der Waals surface area contributed by atoms with Crippen molar-refractivity contribution < 1.29 is 24.3 Å². The van der Waals surface area contributed by atoms with Gasteiger partial charge in [-0.25, -0.2) is 4.79 Å². The standard InChI is InChI=1S/C22H35N7O5S/c1-35-11-9-16(20(32)29-17(21(33)34)8-5-10-26-22(24)25)28-18(30)13-27-19(31)15(23)12-14-6-3-2-4-7-14/h2-4,6-7,15-17H,5,8-13,23H2,1H3,(H,27,31)(H,28,30)(H,29,32)(H,33,34)(H4,24,25,26). The average Bonchev–Trinajstić information content (AvgIpc) is 2.82. The van der Waals surface area contributed by atoms with E-state index >= 15 is 0 Å². The van der Waals surface area contributed by atoms with Crippen molar-refractivity contribution in [2.45, 2.75) is 43.8 Å². The second kappa shape index (κ2) is 16.3. The number of aliphatic carboxylic acids is 1. The third kappa shape index (κ3) is 12.6. The molecule has 0 aliphatic rings. The molecule has 3 unspecified atom stereocenters. The lowest BCUT2D eigenvalue weighted by Crippen LogP contribution is -2.54. The molecule has 35 heavy (non-hydrogen) atoms. The number of hydrogen-bond acceptors (Lipinski definition) is 7. The number of carboxylic acids is 1. The summed E-state index contributed by atoms with van der Waals surface area (Å²) in [4.78, 5) is 52.7. The smallest absolute Gasteiger partial charge is 0.326 e. The van der Waals surface area contributed by atoms with Crippen LogP contribution in [0, 0.1) is 0 Å². The van der Waals surface area contributed by atoms with Gasteiger partial charge in [0.2, 0.25) is 17.7 Å². The molecule has 0 aliphatic carbocycles. The molecular weight excluding hydrogens is 474 g/mol. The van der Waals surface area contributed by atoms with Gasteiger partial charge in [-0.05, 0) is 43.3 Å². The first-order valence-corrected chi connectivity index (χ1v) is 12.5. The molecule has 0 heterocycles. The summed E-state index contributed by atoms with van der Waals surface area (Å²) in [5.41, 5.74) is 17.3. The first kappa shape index (κ1) is 29.7. The van der Waals surface area contributed by atoms with Crippen LogP contribution in [0.4, 0.5) is 0 Å². The van der Waals surface area contributed by atoms with Crippen molar-refractivity contribution in [3.05, 3.63) is 35.9 Å². The predicted octanol–water partition coefficient (Wildman–Crippen LogP) is -1.47. The fourth-order valence-corrected chi connectivity index (χ4v) is 3.51. The summed E-state index contributed by atoms with van der Waals surface area (Å²) in [5, 5.41) is 16.9. The van der Waals surface area contributed by atoms with Crippen molar-refractivity contribution in [3.63, 3.8) is 0 Å². The van der Waals surface area contributed by atoms with Gasteiger partial charge in [0, 0.05) is 6.54 Å². The SMILES string of the molecule is CSCCC(NC(=O)CNC(=O)C(N)Cc1ccccc1)C(=O)NC(CCCN=C(N)N)C(=O)O. The quantitative estimate of drug-likeness (QED) is 0.0785. The third-order valence-electron chi connectivity index (χ3n) is 4.88. The highest BCUT2D eigenvalue weighted by atomic mass is 32.2. The molecule has 1 aromatic carbocycles. The van der Waals surface area contributed by atoms with Crippen LogP contribution in [0.2, 0.25) is 0 Å². The van der Waals surface area contributed by atoms with Gasteiger partial charge in [0.05, 0.1) is 12.6 Å². The number of nitrogens with zero attached hydrogens (tertiary/aromatic N) is 1. The molecule has 0 bridgehead atoms. The molecule has 1 rings (SSSR count). The number of hydrogen-bond donors (Lipinski definition) is 7. The summed E-state index contributed by atoms with van der Waals surface area (Å²) < 4.78 is 0. The fourth-order valence-electron chi connectivity index (χ4n) is 3.04. The van der Waals surface area contributed by atoms with Gasteiger partial charge < -0.3 is 38.3 Å². The average molecular weight is 510 g/mol. The topological polar surface area (TPSA) is 215 Å².